The molecule has 4 nitrogen and oxygen atoms in total. The highest BCUT2D eigenvalue weighted by atomic mass is 32.2. The van der Waals surface area contributed by atoms with Crippen molar-refractivity contribution in [3.8, 4) is 0 Å². The van der Waals surface area contributed by atoms with Gasteiger partial charge in [-0.1, -0.05) is 0 Å². The van der Waals surface area contributed by atoms with Gasteiger partial charge in [-0.25, -0.2) is 0 Å². The van der Waals surface area contributed by atoms with Crippen LogP contribution in [-0.4, -0.2) is 66.0 Å². The van der Waals surface area contributed by atoms with Gasteiger partial charge < -0.3 is 10.6 Å². The number of hydrogen-bond donors (Lipinski definition) is 1. The molecule has 2 N–H and O–H groups in total. The predicted molar refractivity (Wildman–Crippen MR) is 81.4 cm³/mol. The van der Waals surface area contributed by atoms with Gasteiger partial charge in [0.05, 0.1) is 0 Å². The fraction of sp³-hybridized carbons (Fsp3) is 0.929. The summed E-state index contributed by atoms with van der Waals surface area (Å²) in [6, 6.07) is 0.811. The van der Waals surface area contributed by atoms with Crippen LogP contribution in [0.5, 0.6) is 0 Å². The van der Waals surface area contributed by atoms with Gasteiger partial charge in [0.25, 0.3) is 0 Å². The molecule has 2 fully saturated rings. The SMILES string of the molecule is CN(C1CCSC1)C(CN)CC(=O)N1CCCCC1. The first kappa shape index (κ1) is 15.1. The molecule has 19 heavy (non-hydrogen) atoms. The average Bonchev–Trinajstić information content (AvgIpc) is 2.99. The molecule has 0 spiro atoms. The Bertz CT molecular complexity index is 288. The standard InChI is InChI=1S/C14H27N3OS/c1-16(12-5-8-19-11-12)13(10-15)9-14(18)17-6-3-2-4-7-17/h12-13H,2-11,15H2,1H3. The largest absolute Gasteiger partial charge is 0.343 e. The van der Waals surface area contributed by atoms with Crippen molar-refractivity contribution in [1.82, 2.24) is 9.80 Å². The first-order chi connectivity index (χ1) is 9.22. The summed E-state index contributed by atoms with van der Waals surface area (Å²) in [6.07, 6.45) is 5.41. The van der Waals surface area contributed by atoms with E-state index in [0.717, 1.165) is 25.9 Å². The fourth-order valence-corrected chi connectivity index (χ4v) is 4.29. The number of carbonyl (C=O) groups is 1. The van der Waals surface area contributed by atoms with E-state index in [0.29, 0.717) is 24.9 Å². The molecule has 0 bridgehead atoms. The van der Waals surface area contributed by atoms with Gasteiger partial charge in [-0.05, 0) is 38.5 Å². The minimum absolute atomic E-state index is 0.207. The van der Waals surface area contributed by atoms with Crippen molar-refractivity contribution >= 4 is 17.7 Å². The Balaban J connectivity index is 1.84. The van der Waals surface area contributed by atoms with Crippen LogP contribution in [0.15, 0.2) is 0 Å². The zero-order valence-corrected chi connectivity index (χ0v) is 12.8. The number of hydrogen-bond acceptors (Lipinski definition) is 4. The monoisotopic (exact) mass is 285 g/mol. The molecule has 0 aliphatic carbocycles. The van der Waals surface area contributed by atoms with Crippen LogP contribution in [0.1, 0.15) is 32.1 Å². The van der Waals surface area contributed by atoms with Gasteiger partial charge in [-0.15, -0.1) is 0 Å². The summed E-state index contributed by atoms with van der Waals surface area (Å²) in [4.78, 5) is 16.7. The molecule has 0 radical (unpaired) electrons. The van der Waals surface area contributed by atoms with Crippen LogP contribution in [0.4, 0.5) is 0 Å². The van der Waals surface area contributed by atoms with E-state index in [2.05, 4.69) is 11.9 Å². The second-order valence-electron chi connectivity index (χ2n) is 5.72. The molecule has 5 heteroatoms. The Hall–Kier alpha value is -0.260. The highest BCUT2D eigenvalue weighted by molar-refractivity contribution is 7.99. The Morgan fingerprint density at radius 3 is 2.74 bits per heavy atom. The van der Waals surface area contributed by atoms with E-state index < -0.39 is 0 Å². The van der Waals surface area contributed by atoms with Gasteiger partial charge >= 0.3 is 0 Å². The van der Waals surface area contributed by atoms with Crippen molar-refractivity contribution in [3.63, 3.8) is 0 Å². The van der Waals surface area contributed by atoms with Crippen LogP contribution in [0, 0.1) is 0 Å². The van der Waals surface area contributed by atoms with Crippen LogP contribution in [-0.2, 0) is 4.79 Å². The highest BCUT2D eigenvalue weighted by Crippen LogP contribution is 2.23. The molecule has 2 rings (SSSR count). The van der Waals surface area contributed by atoms with Crippen LogP contribution in [0.25, 0.3) is 0 Å². The van der Waals surface area contributed by atoms with Crippen molar-refractivity contribution in [2.75, 3.05) is 38.2 Å². The molecule has 2 saturated heterocycles. The number of thioether (sulfide) groups is 1. The first-order valence-corrected chi connectivity index (χ1v) is 8.65. The topological polar surface area (TPSA) is 49.6 Å². The van der Waals surface area contributed by atoms with E-state index in [-0.39, 0.29) is 6.04 Å². The first-order valence-electron chi connectivity index (χ1n) is 7.50. The number of piperidine rings is 1. The second-order valence-corrected chi connectivity index (χ2v) is 6.87. The normalized spacial score (nSPS) is 25.8. The molecule has 0 aromatic rings. The molecule has 110 valence electrons. The van der Waals surface area contributed by atoms with Gasteiger partial charge in [0, 0.05) is 43.9 Å². The lowest BCUT2D eigenvalue weighted by Crippen LogP contribution is -2.48. The van der Waals surface area contributed by atoms with E-state index >= 15 is 0 Å². The Morgan fingerprint density at radius 1 is 1.42 bits per heavy atom. The highest BCUT2D eigenvalue weighted by Gasteiger charge is 2.28. The molecule has 1 amide bonds. The summed E-state index contributed by atoms with van der Waals surface area (Å²) in [7, 11) is 2.14. The third-order valence-corrected chi connectivity index (χ3v) is 5.59. The second kappa shape index (κ2) is 7.50. The molecule has 2 atom stereocenters. The van der Waals surface area contributed by atoms with Gasteiger partial charge in [-0.2, -0.15) is 11.8 Å². The lowest BCUT2D eigenvalue weighted by Gasteiger charge is -2.34. The third kappa shape index (κ3) is 4.10. The maximum absolute atomic E-state index is 12.3. The van der Waals surface area contributed by atoms with Gasteiger partial charge in [0.1, 0.15) is 0 Å². The molecule has 2 aliphatic rings. The summed E-state index contributed by atoms with van der Waals surface area (Å²) >= 11 is 2.01. The molecular weight excluding hydrogens is 258 g/mol. The number of likely N-dealkylation sites (tertiary alicyclic amines) is 1. The molecular formula is C14H27N3OS. The minimum atomic E-state index is 0.207. The predicted octanol–water partition coefficient (Wildman–Crippen LogP) is 1.15. The maximum Gasteiger partial charge on any atom is 0.224 e. The molecule has 0 aromatic carbocycles. The lowest BCUT2D eigenvalue weighted by atomic mass is 10.1. The fourth-order valence-electron chi connectivity index (χ4n) is 3.01. The van der Waals surface area contributed by atoms with Gasteiger partial charge in [0.2, 0.25) is 5.91 Å². The zero-order chi connectivity index (χ0) is 13.7. The molecule has 0 saturated carbocycles. The zero-order valence-electron chi connectivity index (χ0n) is 12.0. The molecule has 2 unspecified atom stereocenters. The number of carbonyl (C=O) groups excluding carboxylic acids is 1. The smallest absolute Gasteiger partial charge is 0.224 e. The Morgan fingerprint density at radius 2 is 2.16 bits per heavy atom. The number of rotatable bonds is 5. The van der Waals surface area contributed by atoms with Gasteiger partial charge in [-0.3, -0.25) is 9.69 Å². The van der Waals surface area contributed by atoms with Crippen molar-refractivity contribution < 1.29 is 4.79 Å². The number of nitrogens with two attached hydrogens (primary N) is 1. The van der Waals surface area contributed by atoms with E-state index in [4.69, 9.17) is 5.73 Å². The Kier molecular flexibility index (Phi) is 5.98. The van der Waals surface area contributed by atoms with E-state index in [1.54, 1.807) is 0 Å². The maximum atomic E-state index is 12.3. The minimum Gasteiger partial charge on any atom is -0.343 e. The summed E-state index contributed by atoms with van der Waals surface area (Å²) in [5.41, 5.74) is 5.90. The molecule has 0 aromatic heterocycles. The van der Waals surface area contributed by atoms with Crippen LogP contribution >= 0.6 is 11.8 Å². The van der Waals surface area contributed by atoms with Crippen LogP contribution < -0.4 is 5.73 Å². The summed E-state index contributed by atoms with van der Waals surface area (Å²) < 4.78 is 0. The van der Waals surface area contributed by atoms with Crippen molar-refractivity contribution in [2.24, 2.45) is 5.73 Å². The summed E-state index contributed by atoms with van der Waals surface area (Å²) in [6.45, 7) is 2.47. The lowest BCUT2D eigenvalue weighted by molar-refractivity contribution is -0.133. The van der Waals surface area contributed by atoms with Crippen molar-refractivity contribution in [3.05, 3.63) is 0 Å². The summed E-state index contributed by atoms with van der Waals surface area (Å²) in [5, 5.41) is 0. The Labute approximate surface area is 121 Å². The van der Waals surface area contributed by atoms with E-state index in [1.807, 2.05) is 16.7 Å². The summed E-state index contributed by atoms with van der Waals surface area (Å²) in [5.74, 6) is 2.73. The van der Waals surface area contributed by atoms with Crippen LogP contribution in [0.2, 0.25) is 0 Å². The number of nitrogens with zero attached hydrogens (tertiary/aromatic N) is 2. The average molecular weight is 285 g/mol. The van der Waals surface area contributed by atoms with E-state index in [1.165, 1.54) is 24.3 Å². The number of amides is 1. The van der Waals surface area contributed by atoms with E-state index in [9.17, 15) is 4.79 Å². The number of likely N-dealkylation sites (N-methyl/N-ethyl adjacent to an activating group) is 1. The van der Waals surface area contributed by atoms with Crippen molar-refractivity contribution in [1.29, 1.82) is 0 Å². The van der Waals surface area contributed by atoms with Crippen molar-refractivity contribution in [2.45, 2.75) is 44.2 Å². The molecule has 2 heterocycles. The molecule has 2 aliphatic heterocycles. The van der Waals surface area contributed by atoms with Crippen LogP contribution in [0.3, 0.4) is 0 Å². The van der Waals surface area contributed by atoms with Gasteiger partial charge in [0.15, 0.2) is 0 Å². The quantitative estimate of drug-likeness (QED) is 0.823. The third-order valence-electron chi connectivity index (χ3n) is 4.45.